The van der Waals surface area contributed by atoms with Crippen molar-refractivity contribution < 1.29 is 13.5 Å². The molecule has 0 aliphatic rings. The summed E-state index contributed by atoms with van der Waals surface area (Å²) in [5.41, 5.74) is 0.804. The second kappa shape index (κ2) is 5.98. The molecule has 0 fully saturated rings. The first-order valence-corrected chi connectivity index (χ1v) is 8.93. The summed E-state index contributed by atoms with van der Waals surface area (Å²) in [6, 6.07) is 16.5. The largest absolute Gasteiger partial charge is 0.506 e. The van der Waals surface area contributed by atoms with Gasteiger partial charge >= 0.3 is 0 Å². The van der Waals surface area contributed by atoms with E-state index in [0.29, 0.717) is 11.4 Å². The van der Waals surface area contributed by atoms with Crippen LogP contribution in [0.25, 0.3) is 10.8 Å². The Morgan fingerprint density at radius 1 is 0.870 bits per heavy atom. The Labute approximate surface area is 137 Å². The highest BCUT2D eigenvalue weighted by atomic mass is 35.7. The number of azo groups is 1. The van der Waals surface area contributed by atoms with Gasteiger partial charge in [-0.15, -0.1) is 5.11 Å². The molecule has 0 spiro atoms. The van der Waals surface area contributed by atoms with Crippen LogP contribution in [0.3, 0.4) is 0 Å². The number of phenolic OH excluding ortho intramolecular Hbond substituents is 1. The van der Waals surface area contributed by atoms with E-state index in [-0.39, 0.29) is 10.6 Å². The summed E-state index contributed by atoms with van der Waals surface area (Å²) < 4.78 is 22.4. The number of aromatic hydroxyl groups is 1. The number of phenols is 1. The van der Waals surface area contributed by atoms with E-state index in [2.05, 4.69) is 10.2 Å². The smallest absolute Gasteiger partial charge is 0.261 e. The molecule has 0 saturated heterocycles. The maximum absolute atomic E-state index is 11.2. The molecule has 0 aromatic heterocycles. The molecule has 7 heteroatoms. The molecule has 0 aliphatic carbocycles. The summed E-state index contributed by atoms with van der Waals surface area (Å²) >= 11 is 0. The van der Waals surface area contributed by atoms with Gasteiger partial charge in [0.1, 0.15) is 11.4 Å². The summed E-state index contributed by atoms with van der Waals surface area (Å²) in [7, 11) is 1.49. The van der Waals surface area contributed by atoms with E-state index in [0.717, 1.165) is 10.8 Å². The van der Waals surface area contributed by atoms with Crippen LogP contribution in [0.1, 0.15) is 0 Å². The van der Waals surface area contributed by atoms with Crippen LogP contribution in [0.2, 0.25) is 0 Å². The van der Waals surface area contributed by atoms with Gasteiger partial charge in [-0.05, 0) is 35.7 Å². The van der Waals surface area contributed by atoms with Crippen LogP contribution in [-0.4, -0.2) is 13.5 Å². The van der Waals surface area contributed by atoms with Gasteiger partial charge in [0, 0.05) is 16.1 Å². The first-order valence-electron chi connectivity index (χ1n) is 6.62. The van der Waals surface area contributed by atoms with E-state index in [4.69, 9.17) is 10.7 Å². The molecular formula is C16H11ClN2O3S. The quantitative estimate of drug-likeness (QED) is 0.541. The molecule has 0 saturated carbocycles. The maximum Gasteiger partial charge on any atom is 0.261 e. The zero-order valence-electron chi connectivity index (χ0n) is 11.7. The maximum atomic E-state index is 11.2. The molecule has 3 rings (SSSR count). The van der Waals surface area contributed by atoms with Gasteiger partial charge in [0.05, 0.1) is 10.6 Å². The van der Waals surface area contributed by atoms with Crippen LogP contribution < -0.4 is 0 Å². The minimum atomic E-state index is -3.76. The highest BCUT2D eigenvalue weighted by Crippen LogP contribution is 2.36. The predicted molar refractivity (Wildman–Crippen MR) is 89.3 cm³/mol. The lowest BCUT2D eigenvalue weighted by molar-refractivity contribution is 0.477. The number of hydrogen-bond acceptors (Lipinski definition) is 5. The molecule has 0 heterocycles. The van der Waals surface area contributed by atoms with Crippen molar-refractivity contribution in [3.05, 3.63) is 60.7 Å². The van der Waals surface area contributed by atoms with Gasteiger partial charge in [0.2, 0.25) is 0 Å². The van der Waals surface area contributed by atoms with Crippen molar-refractivity contribution in [1.29, 1.82) is 0 Å². The van der Waals surface area contributed by atoms with Crippen molar-refractivity contribution in [2.75, 3.05) is 0 Å². The third-order valence-corrected chi connectivity index (χ3v) is 4.63. The lowest BCUT2D eigenvalue weighted by Crippen LogP contribution is -1.88. The average molecular weight is 347 g/mol. The van der Waals surface area contributed by atoms with E-state index in [1.807, 2.05) is 24.3 Å². The fraction of sp³-hybridized carbons (Fsp3) is 0. The Hall–Kier alpha value is -2.44. The van der Waals surface area contributed by atoms with Gasteiger partial charge in [0.15, 0.2) is 0 Å². The first-order chi connectivity index (χ1) is 10.9. The molecule has 0 radical (unpaired) electrons. The molecule has 23 heavy (non-hydrogen) atoms. The van der Waals surface area contributed by atoms with Crippen molar-refractivity contribution in [1.82, 2.24) is 0 Å². The number of rotatable bonds is 3. The fourth-order valence-corrected chi connectivity index (χ4v) is 2.90. The molecule has 0 aliphatic heterocycles. The fourth-order valence-electron chi connectivity index (χ4n) is 2.13. The van der Waals surface area contributed by atoms with Crippen molar-refractivity contribution in [2.24, 2.45) is 10.2 Å². The van der Waals surface area contributed by atoms with Crippen molar-refractivity contribution in [3.63, 3.8) is 0 Å². The molecular weight excluding hydrogens is 336 g/mol. The van der Waals surface area contributed by atoms with E-state index in [9.17, 15) is 13.5 Å². The van der Waals surface area contributed by atoms with E-state index >= 15 is 0 Å². The van der Waals surface area contributed by atoms with Crippen LogP contribution in [0.15, 0.2) is 75.8 Å². The lowest BCUT2D eigenvalue weighted by atomic mass is 10.1. The molecule has 0 atom stereocenters. The van der Waals surface area contributed by atoms with Gasteiger partial charge < -0.3 is 5.11 Å². The van der Waals surface area contributed by atoms with Gasteiger partial charge in [0.25, 0.3) is 9.05 Å². The van der Waals surface area contributed by atoms with E-state index in [1.54, 1.807) is 12.1 Å². The average Bonchev–Trinajstić information content (AvgIpc) is 2.53. The van der Waals surface area contributed by atoms with E-state index < -0.39 is 9.05 Å². The minimum absolute atomic E-state index is 0.00822. The second-order valence-electron chi connectivity index (χ2n) is 4.79. The normalized spacial score (nSPS) is 12.0. The zero-order valence-corrected chi connectivity index (χ0v) is 13.3. The number of benzene rings is 3. The van der Waals surface area contributed by atoms with Gasteiger partial charge in [-0.1, -0.05) is 30.3 Å². The third kappa shape index (κ3) is 3.33. The Kier molecular flexibility index (Phi) is 4.02. The van der Waals surface area contributed by atoms with E-state index in [1.165, 1.54) is 24.3 Å². The first kappa shape index (κ1) is 15.5. The summed E-state index contributed by atoms with van der Waals surface area (Å²) in [6.07, 6.45) is 0. The summed E-state index contributed by atoms with van der Waals surface area (Å²) in [4.78, 5) is -0.00822. The standard InChI is InChI=1S/C16H11ClN2O3S/c17-23(21,22)13-8-6-12(7-9-13)18-19-16-14-4-2-1-3-11(14)5-10-15(16)20/h1-10,20H. The SMILES string of the molecule is O=S(=O)(Cl)c1ccc(N=Nc2c(O)ccc3ccccc23)cc1. The molecule has 0 bridgehead atoms. The summed E-state index contributed by atoms with van der Waals surface area (Å²) in [6.45, 7) is 0. The van der Waals surface area contributed by atoms with Gasteiger partial charge in [-0.3, -0.25) is 0 Å². The third-order valence-electron chi connectivity index (χ3n) is 3.26. The minimum Gasteiger partial charge on any atom is -0.506 e. The van der Waals surface area contributed by atoms with Crippen molar-refractivity contribution in [3.8, 4) is 5.75 Å². The Morgan fingerprint density at radius 3 is 2.26 bits per heavy atom. The number of nitrogens with zero attached hydrogens (tertiary/aromatic N) is 2. The summed E-state index contributed by atoms with van der Waals surface area (Å²) in [5, 5.41) is 19.8. The van der Waals surface area contributed by atoms with Crippen LogP contribution in [0, 0.1) is 0 Å². The highest BCUT2D eigenvalue weighted by molar-refractivity contribution is 8.13. The highest BCUT2D eigenvalue weighted by Gasteiger charge is 2.09. The Bertz CT molecular complexity index is 1000. The molecule has 0 amide bonds. The molecule has 5 nitrogen and oxygen atoms in total. The Balaban J connectivity index is 1.99. The zero-order chi connectivity index (χ0) is 16.4. The molecule has 116 valence electrons. The molecule has 0 unspecified atom stereocenters. The number of fused-ring (bicyclic) bond motifs is 1. The Morgan fingerprint density at radius 2 is 1.57 bits per heavy atom. The van der Waals surface area contributed by atoms with Crippen LogP contribution in [0.5, 0.6) is 5.75 Å². The van der Waals surface area contributed by atoms with Crippen LogP contribution in [-0.2, 0) is 9.05 Å². The molecule has 3 aromatic carbocycles. The second-order valence-corrected chi connectivity index (χ2v) is 7.35. The van der Waals surface area contributed by atoms with Crippen LogP contribution in [0.4, 0.5) is 11.4 Å². The van der Waals surface area contributed by atoms with Crippen molar-refractivity contribution in [2.45, 2.75) is 4.90 Å². The van der Waals surface area contributed by atoms with Crippen molar-refractivity contribution >= 4 is 41.9 Å². The lowest BCUT2D eigenvalue weighted by Gasteiger charge is -2.03. The topological polar surface area (TPSA) is 79.1 Å². The summed E-state index contributed by atoms with van der Waals surface area (Å²) in [5.74, 6) is 0.0207. The van der Waals surface area contributed by atoms with Gasteiger partial charge in [-0.2, -0.15) is 5.11 Å². The molecule has 3 aromatic rings. The van der Waals surface area contributed by atoms with Crippen LogP contribution >= 0.6 is 10.7 Å². The monoisotopic (exact) mass is 346 g/mol. The predicted octanol–water partition coefficient (Wildman–Crippen LogP) is 4.89. The number of halogens is 1. The van der Waals surface area contributed by atoms with Gasteiger partial charge in [-0.25, -0.2) is 8.42 Å². The molecule has 1 N–H and O–H groups in total. The number of hydrogen-bond donors (Lipinski definition) is 1.